The summed E-state index contributed by atoms with van der Waals surface area (Å²) in [6.45, 7) is 0. The van der Waals surface area contributed by atoms with Crippen LogP contribution in [0.5, 0.6) is 0 Å². The molecule has 2 atom stereocenters. The van der Waals surface area contributed by atoms with E-state index in [9.17, 15) is 2.86 Å². The van der Waals surface area contributed by atoms with Gasteiger partial charge in [-0.1, -0.05) is 0 Å². The molecule has 0 heterocycles. The summed E-state index contributed by atoms with van der Waals surface area (Å²) in [5, 5.41) is 0. The molecule has 1 rings (SSSR count). The Labute approximate surface area is 91.4 Å². The average molecular weight is 382 g/mol. The Morgan fingerprint density at radius 2 is 2.00 bits per heavy atom. The molecule has 0 amide bonds. The second kappa shape index (κ2) is 4.91. The minimum absolute atomic E-state index is 0.630. The zero-order valence-electron chi connectivity index (χ0n) is 6.88. The third kappa shape index (κ3) is 3.34. The Kier molecular flexibility index (Phi) is 4.41. The second-order valence-corrected chi connectivity index (χ2v) is 16.8. The van der Waals surface area contributed by atoms with Gasteiger partial charge in [0.2, 0.25) is 0 Å². The molecule has 13 heavy (non-hydrogen) atoms. The summed E-state index contributed by atoms with van der Waals surface area (Å²) in [5.74, 6) is 0. The van der Waals surface area contributed by atoms with Gasteiger partial charge in [-0.25, -0.2) is 0 Å². The van der Waals surface area contributed by atoms with Crippen LogP contribution in [0.4, 0.5) is 2.86 Å². The molecular formula is C8H9BrClFIO-. The molecule has 5 heteroatoms. The third-order valence-corrected chi connectivity index (χ3v) is 7.12. The molecule has 0 bridgehead atoms. The second-order valence-electron chi connectivity index (χ2n) is 2.37. The van der Waals surface area contributed by atoms with Gasteiger partial charge in [-0.05, 0) is 0 Å². The van der Waals surface area contributed by atoms with Crippen molar-refractivity contribution in [2.75, 3.05) is 7.11 Å². The normalized spacial score (nSPS) is 20.3. The van der Waals surface area contributed by atoms with E-state index in [1.165, 1.54) is 7.11 Å². The summed E-state index contributed by atoms with van der Waals surface area (Å²) in [7, 11) is 7.10. The van der Waals surface area contributed by atoms with E-state index >= 15 is 0 Å². The van der Waals surface area contributed by atoms with E-state index in [1.807, 2.05) is 18.2 Å². The van der Waals surface area contributed by atoms with E-state index in [4.69, 9.17) is 13.6 Å². The van der Waals surface area contributed by atoms with E-state index in [1.54, 1.807) is 12.1 Å². The van der Waals surface area contributed by atoms with Crippen molar-refractivity contribution in [2.45, 2.75) is 4.11 Å². The van der Waals surface area contributed by atoms with E-state index in [0.29, 0.717) is 0 Å². The quantitative estimate of drug-likeness (QED) is 0.556. The Bertz CT molecular complexity index is 265. The van der Waals surface area contributed by atoms with Crippen LogP contribution in [0, 0.1) is 0 Å². The zero-order chi connectivity index (χ0) is 9.90. The van der Waals surface area contributed by atoms with Gasteiger partial charge >= 0.3 is 92.0 Å². The summed E-state index contributed by atoms with van der Waals surface area (Å²) in [5.41, 5.74) is 0.774. The van der Waals surface area contributed by atoms with E-state index in [-0.39, 0.29) is 0 Å². The zero-order valence-corrected chi connectivity index (χ0v) is 11.4. The molecule has 0 radical (unpaired) electrons. The molecule has 0 saturated carbocycles. The van der Waals surface area contributed by atoms with Crippen molar-refractivity contribution in [3.63, 3.8) is 0 Å². The summed E-state index contributed by atoms with van der Waals surface area (Å²) in [6, 6.07) is 9.13. The fourth-order valence-corrected chi connectivity index (χ4v) is 6.17. The molecule has 2 unspecified atom stereocenters. The van der Waals surface area contributed by atoms with Gasteiger partial charge in [-0.2, -0.15) is 0 Å². The van der Waals surface area contributed by atoms with Crippen LogP contribution in [-0.4, -0.2) is 7.11 Å². The van der Waals surface area contributed by atoms with Crippen LogP contribution < -0.4 is 15.7 Å². The Morgan fingerprint density at radius 3 is 2.38 bits per heavy atom. The van der Waals surface area contributed by atoms with Crippen molar-refractivity contribution in [1.82, 2.24) is 0 Å². The number of rotatable bonds is 3. The minimum atomic E-state index is -3.88. The van der Waals surface area contributed by atoms with Crippen molar-refractivity contribution in [3.8, 4) is 0 Å². The van der Waals surface area contributed by atoms with Crippen molar-refractivity contribution in [1.29, 1.82) is 0 Å². The van der Waals surface area contributed by atoms with Crippen LogP contribution in [0.25, 0.3) is 0 Å². The molecule has 0 aromatic heterocycles. The number of hydrogen-bond donors (Lipinski definition) is 0. The predicted octanol–water partition coefficient (Wildman–Crippen LogP) is 0.840. The first kappa shape index (κ1) is 11.7. The number of alkyl halides is 1. The van der Waals surface area contributed by atoms with Gasteiger partial charge in [0.1, 0.15) is 0 Å². The molecule has 0 fully saturated rings. The molecule has 0 saturated heterocycles. The first-order valence-electron chi connectivity index (χ1n) is 3.49. The van der Waals surface area contributed by atoms with Crippen LogP contribution in [0.15, 0.2) is 30.3 Å². The molecule has 76 valence electrons. The average Bonchev–Trinajstić information content (AvgIpc) is 2.05. The van der Waals surface area contributed by atoms with Crippen molar-refractivity contribution < 1.29 is 23.2 Å². The number of halogens is 4. The maximum absolute atomic E-state index is 13.5. The predicted molar refractivity (Wildman–Crippen MR) is 52.1 cm³/mol. The fourth-order valence-electron chi connectivity index (χ4n) is 0.984. The molecule has 0 aliphatic rings. The van der Waals surface area contributed by atoms with Gasteiger partial charge in [0.15, 0.2) is 0 Å². The first-order chi connectivity index (χ1) is 6.05. The molecule has 0 aliphatic heterocycles. The topological polar surface area (TPSA) is 9.23 Å². The van der Waals surface area contributed by atoms with Gasteiger partial charge in [-0.3, -0.25) is 0 Å². The Hall–Kier alpha value is 0.610. The van der Waals surface area contributed by atoms with E-state index < -0.39 is 19.8 Å². The van der Waals surface area contributed by atoms with Gasteiger partial charge in [-0.15, -0.1) is 0 Å². The van der Waals surface area contributed by atoms with Crippen LogP contribution >= 0.6 is 21.6 Å². The monoisotopic (exact) mass is 381 g/mol. The molecular weight excluding hydrogens is 373 g/mol. The third-order valence-electron chi connectivity index (χ3n) is 1.49. The van der Waals surface area contributed by atoms with Gasteiger partial charge in [0, 0.05) is 0 Å². The Morgan fingerprint density at radius 1 is 1.46 bits per heavy atom. The van der Waals surface area contributed by atoms with Crippen molar-refractivity contribution in [3.05, 3.63) is 35.9 Å². The van der Waals surface area contributed by atoms with Gasteiger partial charge in [0.25, 0.3) is 0 Å². The first-order valence-corrected chi connectivity index (χ1v) is 13.1. The number of methoxy groups -OCH3 is 1. The van der Waals surface area contributed by atoms with E-state index in [0.717, 1.165) is 5.56 Å². The SMILES string of the molecule is COC(c1ccccc1)[I-](F)(Cl)Br. The molecule has 1 aromatic rings. The van der Waals surface area contributed by atoms with Crippen LogP contribution in [0.2, 0.25) is 0 Å². The molecule has 0 aliphatic carbocycles. The van der Waals surface area contributed by atoms with Gasteiger partial charge in [0.05, 0.1) is 0 Å². The van der Waals surface area contributed by atoms with Crippen LogP contribution in [0.1, 0.15) is 9.67 Å². The fraction of sp³-hybridized carbons (Fsp3) is 0.250. The van der Waals surface area contributed by atoms with Crippen LogP contribution in [-0.2, 0) is 4.74 Å². The summed E-state index contributed by atoms with van der Waals surface area (Å²) < 4.78 is 17.9. The number of ether oxygens (including phenoxy) is 1. The van der Waals surface area contributed by atoms with Crippen LogP contribution in [0.3, 0.4) is 0 Å². The standard InChI is InChI=1S/C8H9BrClFIO/c1-13-8(12(9,10)11)7-5-3-2-4-6-7/h2-6,8H,1H3/q-1. The molecule has 1 nitrogen and oxygen atoms in total. The summed E-state index contributed by atoms with van der Waals surface area (Å²) in [4.78, 5) is 0. The Balaban J connectivity index is 2.92. The van der Waals surface area contributed by atoms with E-state index in [2.05, 4.69) is 12.7 Å². The molecule has 0 N–H and O–H groups in total. The molecule has 0 spiro atoms. The van der Waals surface area contributed by atoms with Gasteiger partial charge < -0.3 is 0 Å². The van der Waals surface area contributed by atoms with Crippen molar-refractivity contribution in [2.24, 2.45) is 0 Å². The molecule has 1 aromatic carbocycles. The summed E-state index contributed by atoms with van der Waals surface area (Å²) in [6.07, 6.45) is 0. The number of benzene rings is 1. The number of hydrogen-bond acceptors (Lipinski definition) is 1. The maximum atomic E-state index is 13.5. The van der Waals surface area contributed by atoms with Crippen molar-refractivity contribution >= 4 is 21.6 Å². The summed E-state index contributed by atoms with van der Waals surface area (Å²) >= 11 is -0.983.